The third-order valence-electron chi connectivity index (χ3n) is 4.49. The molecule has 1 heterocycles. The molecule has 0 saturated heterocycles. The molecular weight excluding hydrogens is 282 g/mol. The molecule has 0 radical (unpaired) electrons. The average molecular weight is 302 g/mol. The van der Waals surface area contributed by atoms with E-state index in [1.54, 1.807) is 0 Å². The van der Waals surface area contributed by atoms with Crippen molar-refractivity contribution < 1.29 is 0 Å². The van der Waals surface area contributed by atoms with Crippen LogP contribution in [0, 0.1) is 6.92 Å². The van der Waals surface area contributed by atoms with E-state index in [0.717, 1.165) is 40.2 Å². The van der Waals surface area contributed by atoms with Crippen molar-refractivity contribution in [1.82, 2.24) is 4.98 Å². The first-order valence-electron chi connectivity index (χ1n) is 7.37. The van der Waals surface area contributed by atoms with Gasteiger partial charge in [0.05, 0.1) is 0 Å². The van der Waals surface area contributed by atoms with Gasteiger partial charge in [-0.15, -0.1) is 0 Å². The molecule has 0 bridgehead atoms. The van der Waals surface area contributed by atoms with Gasteiger partial charge in [-0.2, -0.15) is 0 Å². The molecule has 0 aliphatic heterocycles. The summed E-state index contributed by atoms with van der Waals surface area (Å²) in [7, 11) is 0. The summed E-state index contributed by atoms with van der Waals surface area (Å²) in [5.41, 5.74) is 5.41. The number of rotatable bonds is 2. The number of H-pyrrole nitrogens is 1. The molecule has 0 unspecified atom stereocenters. The number of fused-ring (bicyclic) bond motifs is 1. The Morgan fingerprint density at radius 2 is 2.00 bits per heavy atom. The predicted molar refractivity (Wildman–Crippen MR) is 87.4 cm³/mol. The molecule has 1 N–H and O–H groups in total. The Morgan fingerprint density at radius 1 is 1.24 bits per heavy atom. The van der Waals surface area contributed by atoms with E-state index in [2.05, 4.69) is 24.9 Å². The molecule has 1 aromatic heterocycles. The van der Waals surface area contributed by atoms with Crippen LogP contribution in [0.15, 0.2) is 29.1 Å². The standard InChI is InChI=1S/C18H20ClNO/c1-11-4-5-12(15(19)8-11)9-14-10-13-6-7-18(2,3)16(13)20-17(14)21/h4-5,8,10H,6-7,9H2,1-3H3,(H,20,21). The second-order valence-corrected chi connectivity index (χ2v) is 7.09. The Labute approximate surface area is 130 Å². The van der Waals surface area contributed by atoms with Gasteiger partial charge in [-0.1, -0.05) is 37.6 Å². The zero-order valence-corrected chi connectivity index (χ0v) is 13.5. The number of pyridine rings is 1. The smallest absolute Gasteiger partial charge is 0.251 e. The van der Waals surface area contributed by atoms with E-state index in [9.17, 15) is 4.79 Å². The van der Waals surface area contributed by atoms with Crippen LogP contribution in [0.4, 0.5) is 0 Å². The highest BCUT2D eigenvalue weighted by Gasteiger charge is 2.31. The summed E-state index contributed by atoms with van der Waals surface area (Å²) in [6, 6.07) is 8.06. The summed E-state index contributed by atoms with van der Waals surface area (Å²) in [6.45, 7) is 6.39. The number of benzene rings is 1. The van der Waals surface area contributed by atoms with E-state index in [1.165, 1.54) is 5.56 Å². The zero-order chi connectivity index (χ0) is 15.2. The first kappa shape index (κ1) is 14.4. The number of halogens is 1. The molecule has 0 spiro atoms. The van der Waals surface area contributed by atoms with Crippen molar-refractivity contribution in [3.05, 3.63) is 67.6 Å². The summed E-state index contributed by atoms with van der Waals surface area (Å²) in [5.74, 6) is 0. The van der Waals surface area contributed by atoms with Gasteiger partial charge in [-0.3, -0.25) is 4.79 Å². The Balaban J connectivity index is 1.99. The molecule has 0 saturated carbocycles. The molecule has 3 heteroatoms. The van der Waals surface area contributed by atoms with E-state index >= 15 is 0 Å². The van der Waals surface area contributed by atoms with E-state index < -0.39 is 0 Å². The molecule has 0 fully saturated rings. The van der Waals surface area contributed by atoms with Gasteiger partial charge in [0.15, 0.2) is 0 Å². The number of aromatic nitrogens is 1. The zero-order valence-electron chi connectivity index (χ0n) is 12.7. The van der Waals surface area contributed by atoms with Crippen LogP contribution in [0.3, 0.4) is 0 Å². The van der Waals surface area contributed by atoms with E-state index in [4.69, 9.17) is 11.6 Å². The normalized spacial score (nSPS) is 16.0. The minimum atomic E-state index is 0.0142. The van der Waals surface area contributed by atoms with Crippen LogP contribution in [-0.4, -0.2) is 4.98 Å². The highest BCUT2D eigenvalue weighted by atomic mass is 35.5. The van der Waals surface area contributed by atoms with Gasteiger partial charge in [0.1, 0.15) is 0 Å². The molecule has 110 valence electrons. The van der Waals surface area contributed by atoms with Gasteiger partial charge in [0.25, 0.3) is 5.56 Å². The molecule has 21 heavy (non-hydrogen) atoms. The lowest BCUT2D eigenvalue weighted by Gasteiger charge is -2.18. The van der Waals surface area contributed by atoms with Crippen LogP contribution in [0.5, 0.6) is 0 Å². The van der Waals surface area contributed by atoms with E-state index in [1.807, 2.05) is 25.1 Å². The van der Waals surface area contributed by atoms with Gasteiger partial charge in [-0.05, 0) is 48.6 Å². The van der Waals surface area contributed by atoms with Gasteiger partial charge < -0.3 is 4.98 Å². The molecule has 1 aliphatic rings. The number of hydrogen-bond donors (Lipinski definition) is 1. The maximum Gasteiger partial charge on any atom is 0.251 e. The van der Waals surface area contributed by atoms with Gasteiger partial charge in [-0.25, -0.2) is 0 Å². The summed E-state index contributed by atoms with van der Waals surface area (Å²) in [6.07, 6.45) is 2.71. The van der Waals surface area contributed by atoms with Crippen LogP contribution >= 0.6 is 11.6 Å². The topological polar surface area (TPSA) is 32.9 Å². The fourth-order valence-corrected chi connectivity index (χ4v) is 3.43. The highest BCUT2D eigenvalue weighted by molar-refractivity contribution is 6.31. The SMILES string of the molecule is Cc1ccc(Cc2cc3c([nH]c2=O)C(C)(C)CC3)c(Cl)c1. The lowest BCUT2D eigenvalue weighted by atomic mass is 9.90. The minimum Gasteiger partial charge on any atom is -0.325 e. The van der Waals surface area contributed by atoms with Gasteiger partial charge in [0, 0.05) is 28.1 Å². The molecule has 2 nitrogen and oxygen atoms in total. The molecule has 3 rings (SSSR count). The lowest BCUT2D eigenvalue weighted by molar-refractivity contribution is 0.508. The molecular formula is C18H20ClNO. The Bertz CT molecular complexity index is 758. The Morgan fingerprint density at radius 3 is 2.71 bits per heavy atom. The second kappa shape index (κ2) is 5.03. The fourth-order valence-electron chi connectivity index (χ4n) is 3.13. The number of nitrogens with one attached hydrogen (secondary N) is 1. The van der Waals surface area contributed by atoms with Crippen LogP contribution in [0.2, 0.25) is 5.02 Å². The largest absolute Gasteiger partial charge is 0.325 e. The van der Waals surface area contributed by atoms with Crippen molar-refractivity contribution in [3.63, 3.8) is 0 Å². The van der Waals surface area contributed by atoms with Crippen LogP contribution < -0.4 is 5.56 Å². The lowest BCUT2D eigenvalue weighted by Crippen LogP contribution is -2.21. The van der Waals surface area contributed by atoms with Crippen molar-refractivity contribution in [2.45, 2.75) is 45.4 Å². The maximum atomic E-state index is 12.4. The maximum absolute atomic E-state index is 12.4. The Kier molecular flexibility index (Phi) is 3.45. The van der Waals surface area contributed by atoms with Crippen LogP contribution in [0.1, 0.15) is 48.2 Å². The highest BCUT2D eigenvalue weighted by Crippen LogP contribution is 2.36. The summed E-state index contributed by atoms with van der Waals surface area (Å²) in [5, 5.41) is 0.732. The summed E-state index contributed by atoms with van der Waals surface area (Å²) < 4.78 is 0. The van der Waals surface area contributed by atoms with Crippen LogP contribution in [0.25, 0.3) is 0 Å². The van der Waals surface area contributed by atoms with Crippen molar-refractivity contribution in [1.29, 1.82) is 0 Å². The monoisotopic (exact) mass is 301 g/mol. The molecule has 1 aromatic carbocycles. The van der Waals surface area contributed by atoms with E-state index in [0.29, 0.717) is 6.42 Å². The van der Waals surface area contributed by atoms with Crippen LogP contribution in [-0.2, 0) is 18.3 Å². The first-order valence-corrected chi connectivity index (χ1v) is 7.75. The molecule has 1 aliphatic carbocycles. The second-order valence-electron chi connectivity index (χ2n) is 6.68. The summed E-state index contributed by atoms with van der Waals surface area (Å²) >= 11 is 6.28. The quantitative estimate of drug-likeness (QED) is 0.888. The van der Waals surface area contributed by atoms with Crippen molar-refractivity contribution >= 4 is 11.6 Å². The third-order valence-corrected chi connectivity index (χ3v) is 4.84. The number of aromatic amines is 1. The van der Waals surface area contributed by atoms with Crippen molar-refractivity contribution in [2.75, 3.05) is 0 Å². The van der Waals surface area contributed by atoms with E-state index in [-0.39, 0.29) is 11.0 Å². The predicted octanol–water partition coefficient (Wildman–Crippen LogP) is 4.15. The fraction of sp³-hybridized carbons (Fsp3) is 0.389. The minimum absolute atomic E-state index is 0.0142. The average Bonchev–Trinajstić information content (AvgIpc) is 2.69. The molecule has 0 atom stereocenters. The summed E-state index contributed by atoms with van der Waals surface area (Å²) in [4.78, 5) is 15.4. The van der Waals surface area contributed by atoms with Gasteiger partial charge in [0.2, 0.25) is 0 Å². The third kappa shape index (κ3) is 2.65. The first-order chi connectivity index (χ1) is 9.87. The molecule has 0 amide bonds. The van der Waals surface area contributed by atoms with Crippen molar-refractivity contribution in [3.8, 4) is 0 Å². The van der Waals surface area contributed by atoms with Gasteiger partial charge >= 0.3 is 0 Å². The van der Waals surface area contributed by atoms with Crippen molar-refractivity contribution in [2.24, 2.45) is 0 Å². The Hall–Kier alpha value is -1.54. The molecule has 2 aromatic rings. The number of aryl methyl sites for hydroxylation is 2. The number of hydrogen-bond acceptors (Lipinski definition) is 1.